The van der Waals surface area contributed by atoms with Gasteiger partial charge in [0.1, 0.15) is 5.82 Å². The molecule has 0 aliphatic heterocycles. The monoisotopic (exact) mass is 328 g/mol. The van der Waals surface area contributed by atoms with Crippen molar-refractivity contribution in [3.63, 3.8) is 0 Å². The maximum Gasteiger partial charge on any atom is 0.337 e. The second-order valence-corrected chi connectivity index (χ2v) is 5.68. The van der Waals surface area contributed by atoms with Crippen LogP contribution in [0.25, 0.3) is 28.2 Å². The van der Waals surface area contributed by atoms with Crippen molar-refractivity contribution in [2.24, 2.45) is 0 Å². The largest absolute Gasteiger partial charge is 0.465 e. The van der Waals surface area contributed by atoms with Crippen LogP contribution >= 0.6 is 0 Å². The average molecular weight is 328 g/mol. The van der Waals surface area contributed by atoms with Crippen LogP contribution in [0.4, 0.5) is 0 Å². The minimum atomic E-state index is -0.353. The Kier molecular flexibility index (Phi) is 3.78. The normalized spacial score (nSPS) is 10.8. The number of benzene rings is 2. The fraction of sp³-hybridized carbons (Fsp3) is 0.0476. The third-order valence-electron chi connectivity index (χ3n) is 4.14. The minimum absolute atomic E-state index is 0.353. The first-order chi connectivity index (χ1) is 12.3. The summed E-state index contributed by atoms with van der Waals surface area (Å²) in [6.45, 7) is 0. The molecule has 0 saturated heterocycles. The number of fused-ring (bicyclic) bond motifs is 1. The Morgan fingerprint density at radius 1 is 0.920 bits per heavy atom. The van der Waals surface area contributed by atoms with E-state index in [9.17, 15) is 4.79 Å². The molecule has 122 valence electrons. The highest BCUT2D eigenvalue weighted by atomic mass is 16.5. The molecule has 0 N–H and O–H groups in total. The molecule has 4 nitrogen and oxygen atoms in total. The topological polar surface area (TPSA) is 43.6 Å². The second-order valence-electron chi connectivity index (χ2n) is 5.68. The number of hydrogen-bond acceptors (Lipinski definition) is 3. The SMILES string of the molecule is COC(=O)c1cccc(-c2nc(-c3ccccc3)n3ccccc23)c1. The van der Waals surface area contributed by atoms with Gasteiger partial charge in [0, 0.05) is 17.3 Å². The Labute approximate surface area is 145 Å². The van der Waals surface area contributed by atoms with Crippen molar-refractivity contribution < 1.29 is 9.53 Å². The van der Waals surface area contributed by atoms with Crippen molar-refractivity contribution in [2.45, 2.75) is 0 Å². The molecule has 4 rings (SSSR count). The van der Waals surface area contributed by atoms with Crippen molar-refractivity contribution in [1.29, 1.82) is 0 Å². The third kappa shape index (κ3) is 2.68. The zero-order valence-electron chi connectivity index (χ0n) is 13.7. The first-order valence-electron chi connectivity index (χ1n) is 7.99. The zero-order chi connectivity index (χ0) is 17.2. The Hall–Kier alpha value is -3.40. The molecule has 0 bridgehead atoms. The first kappa shape index (κ1) is 15.1. The fourth-order valence-corrected chi connectivity index (χ4v) is 2.95. The molecule has 4 heteroatoms. The summed E-state index contributed by atoms with van der Waals surface area (Å²) in [5.41, 5.74) is 4.26. The lowest BCUT2D eigenvalue weighted by Gasteiger charge is -2.02. The number of methoxy groups -OCH3 is 1. The lowest BCUT2D eigenvalue weighted by Crippen LogP contribution is -2.00. The van der Waals surface area contributed by atoms with Gasteiger partial charge in [-0.25, -0.2) is 9.78 Å². The van der Waals surface area contributed by atoms with Crippen molar-refractivity contribution in [3.05, 3.63) is 84.6 Å². The van der Waals surface area contributed by atoms with Crippen molar-refractivity contribution in [3.8, 4) is 22.6 Å². The van der Waals surface area contributed by atoms with Crippen LogP contribution in [0.3, 0.4) is 0 Å². The van der Waals surface area contributed by atoms with E-state index in [1.807, 2.05) is 72.9 Å². The van der Waals surface area contributed by atoms with E-state index >= 15 is 0 Å². The molecule has 25 heavy (non-hydrogen) atoms. The Balaban J connectivity index is 1.93. The molecule has 0 spiro atoms. The van der Waals surface area contributed by atoms with Gasteiger partial charge in [-0.05, 0) is 24.3 Å². The molecular formula is C21H16N2O2. The van der Waals surface area contributed by atoms with E-state index in [0.29, 0.717) is 5.56 Å². The maximum atomic E-state index is 11.8. The van der Waals surface area contributed by atoms with Gasteiger partial charge in [-0.1, -0.05) is 48.5 Å². The predicted octanol–water partition coefficient (Wildman–Crippen LogP) is 4.45. The van der Waals surface area contributed by atoms with Crippen LogP contribution in [0.5, 0.6) is 0 Å². The van der Waals surface area contributed by atoms with E-state index in [2.05, 4.69) is 4.40 Å². The Morgan fingerprint density at radius 3 is 2.48 bits per heavy atom. The molecule has 0 saturated carbocycles. The van der Waals surface area contributed by atoms with Crippen molar-refractivity contribution in [2.75, 3.05) is 7.11 Å². The van der Waals surface area contributed by atoms with E-state index in [0.717, 1.165) is 28.2 Å². The van der Waals surface area contributed by atoms with Gasteiger partial charge in [0.2, 0.25) is 0 Å². The Morgan fingerprint density at radius 2 is 1.68 bits per heavy atom. The standard InChI is InChI=1S/C21H16N2O2/c1-25-21(24)17-11-7-10-16(14-17)19-18-12-5-6-13-23(18)20(22-19)15-8-3-2-4-9-15/h2-14H,1H3. The molecule has 0 unspecified atom stereocenters. The number of rotatable bonds is 3. The molecule has 2 aromatic heterocycles. The molecule has 4 aromatic rings. The zero-order valence-corrected chi connectivity index (χ0v) is 13.7. The smallest absolute Gasteiger partial charge is 0.337 e. The highest BCUT2D eigenvalue weighted by Gasteiger charge is 2.15. The summed E-state index contributed by atoms with van der Waals surface area (Å²) >= 11 is 0. The molecular weight excluding hydrogens is 312 g/mol. The molecule has 2 heterocycles. The number of aromatic nitrogens is 2. The van der Waals surface area contributed by atoms with Gasteiger partial charge < -0.3 is 4.74 Å². The van der Waals surface area contributed by atoms with Crippen LogP contribution in [0.15, 0.2) is 79.0 Å². The second kappa shape index (κ2) is 6.24. The number of nitrogens with zero attached hydrogens (tertiary/aromatic N) is 2. The summed E-state index contributed by atoms with van der Waals surface area (Å²) in [4.78, 5) is 16.7. The van der Waals surface area contributed by atoms with E-state index in [-0.39, 0.29) is 5.97 Å². The number of esters is 1. The van der Waals surface area contributed by atoms with Crippen LogP contribution in [0.2, 0.25) is 0 Å². The van der Waals surface area contributed by atoms with Gasteiger partial charge in [0.15, 0.2) is 0 Å². The van der Waals surface area contributed by atoms with Gasteiger partial charge in [0.25, 0.3) is 0 Å². The van der Waals surface area contributed by atoms with Gasteiger partial charge in [-0.3, -0.25) is 4.40 Å². The lowest BCUT2D eigenvalue weighted by molar-refractivity contribution is 0.0601. The van der Waals surface area contributed by atoms with Gasteiger partial charge >= 0.3 is 5.97 Å². The van der Waals surface area contributed by atoms with Gasteiger partial charge in [0.05, 0.1) is 23.9 Å². The summed E-state index contributed by atoms with van der Waals surface area (Å²) in [6.07, 6.45) is 2.00. The molecule has 2 aromatic carbocycles. The number of carbonyl (C=O) groups is 1. The molecule has 0 fully saturated rings. The summed E-state index contributed by atoms with van der Waals surface area (Å²) in [7, 11) is 1.38. The quantitative estimate of drug-likeness (QED) is 0.522. The fourth-order valence-electron chi connectivity index (χ4n) is 2.95. The number of carbonyl (C=O) groups excluding carboxylic acids is 1. The molecule has 0 radical (unpaired) electrons. The first-order valence-corrected chi connectivity index (χ1v) is 7.99. The highest BCUT2D eigenvalue weighted by molar-refractivity contribution is 5.92. The van der Waals surface area contributed by atoms with Crippen LogP contribution in [-0.2, 0) is 4.74 Å². The van der Waals surface area contributed by atoms with Gasteiger partial charge in [-0.15, -0.1) is 0 Å². The predicted molar refractivity (Wildman–Crippen MR) is 97.4 cm³/mol. The summed E-state index contributed by atoms with van der Waals surface area (Å²) < 4.78 is 6.89. The number of ether oxygens (including phenoxy) is 1. The van der Waals surface area contributed by atoms with Gasteiger partial charge in [-0.2, -0.15) is 0 Å². The van der Waals surface area contributed by atoms with Crippen LogP contribution in [0, 0.1) is 0 Å². The minimum Gasteiger partial charge on any atom is -0.465 e. The van der Waals surface area contributed by atoms with Crippen LogP contribution in [-0.4, -0.2) is 22.5 Å². The number of imidazole rings is 1. The molecule has 0 atom stereocenters. The number of hydrogen-bond donors (Lipinski definition) is 0. The molecule has 0 amide bonds. The molecule has 0 aliphatic carbocycles. The lowest BCUT2D eigenvalue weighted by atomic mass is 10.1. The molecule has 0 aliphatic rings. The van der Waals surface area contributed by atoms with E-state index in [1.165, 1.54) is 7.11 Å². The van der Waals surface area contributed by atoms with E-state index in [1.54, 1.807) is 6.07 Å². The number of pyridine rings is 1. The van der Waals surface area contributed by atoms with E-state index in [4.69, 9.17) is 9.72 Å². The summed E-state index contributed by atoms with van der Waals surface area (Å²) in [5.74, 6) is 0.517. The summed E-state index contributed by atoms with van der Waals surface area (Å²) in [6, 6.07) is 23.4. The third-order valence-corrected chi connectivity index (χ3v) is 4.14. The van der Waals surface area contributed by atoms with Crippen LogP contribution < -0.4 is 0 Å². The average Bonchev–Trinajstić information content (AvgIpc) is 3.08. The van der Waals surface area contributed by atoms with Crippen molar-refractivity contribution in [1.82, 2.24) is 9.38 Å². The summed E-state index contributed by atoms with van der Waals surface area (Å²) in [5, 5.41) is 0. The Bertz CT molecular complexity index is 1050. The maximum absolute atomic E-state index is 11.8. The van der Waals surface area contributed by atoms with Crippen LogP contribution in [0.1, 0.15) is 10.4 Å². The van der Waals surface area contributed by atoms with E-state index < -0.39 is 0 Å². The van der Waals surface area contributed by atoms with Crippen molar-refractivity contribution >= 4 is 11.5 Å². The highest BCUT2D eigenvalue weighted by Crippen LogP contribution is 2.30.